The molecule has 1 aliphatic heterocycles. The monoisotopic (exact) mass is 337 g/mol. The molecule has 1 aliphatic rings. The van der Waals surface area contributed by atoms with Gasteiger partial charge >= 0.3 is 0 Å². The van der Waals surface area contributed by atoms with Crippen LogP contribution in [0.2, 0.25) is 10.0 Å². The molecule has 1 amide bonds. The van der Waals surface area contributed by atoms with Crippen molar-refractivity contribution in [2.75, 3.05) is 18.8 Å². The van der Waals surface area contributed by atoms with Crippen molar-refractivity contribution in [1.82, 2.24) is 9.62 Å². The fraction of sp³-hybridized carbons (Fsp3) is 0.364. The van der Waals surface area contributed by atoms with Crippen LogP contribution in [0.5, 0.6) is 0 Å². The van der Waals surface area contributed by atoms with Crippen LogP contribution in [0.25, 0.3) is 0 Å². The normalized spacial score (nSPS) is 20.8. The van der Waals surface area contributed by atoms with Crippen LogP contribution in [0.1, 0.15) is 6.92 Å². The van der Waals surface area contributed by atoms with E-state index in [1.54, 1.807) is 0 Å². The maximum absolute atomic E-state index is 12.6. The van der Waals surface area contributed by atoms with Gasteiger partial charge in [-0.15, -0.1) is 0 Å². The molecule has 110 valence electrons. The smallest absolute Gasteiger partial charge is 0.247 e. The van der Waals surface area contributed by atoms with Gasteiger partial charge in [-0.2, -0.15) is 4.31 Å². The van der Waals surface area contributed by atoms with Crippen LogP contribution in [0.15, 0.2) is 17.0 Å². The minimum absolute atomic E-state index is 0.0410. The fourth-order valence-electron chi connectivity index (χ4n) is 2.06. The Bertz CT molecular complexity index is 640. The number of nitrogen functional groups attached to an aromatic ring is 1. The van der Waals surface area contributed by atoms with Crippen LogP contribution in [0.4, 0.5) is 5.69 Å². The molecule has 6 nitrogen and oxygen atoms in total. The third-order valence-electron chi connectivity index (χ3n) is 3.05. The van der Waals surface area contributed by atoms with E-state index in [0.717, 1.165) is 4.31 Å². The van der Waals surface area contributed by atoms with Crippen molar-refractivity contribution in [2.24, 2.45) is 0 Å². The van der Waals surface area contributed by atoms with Gasteiger partial charge in [0, 0.05) is 18.1 Å². The van der Waals surface area contributed by atoms with E-state index in [4.69, 9.17) is 28.9 Å². The van der Waals surface area contributed by atoms with Gasteiger partial charge in [-0.05, 0) is 19.1 Å². The number of anilines is 1. The van der Waals surface area contributed by atoms with E-state index in [-0.39, 0.29) is 39.6 Å². The van der Waals surface area contributed by atoms with Gasteiger partial charge in [0.05, 0.1) is 10.7 Å². The quantitative estimate of drug-likeness (QED) is 0.790. The zero-order chi connectivity index (χ0) is 15.1. The second-order valence-corrected chi connectivity index (χ2v) is 7.06. The molecule has 2 rings (SSSR count). The van der Waals surface area contributed by atoms with Crippen molar-refractivity contribution in [2.45, 2.75) is 17.9 Å². The Labute approximate surface area is 126 Å². The van der Waals surface area contributed by atoms with Crippen molar-refractivity contribution in [3.05, 3.63) is 22.2 Å². The number of piperazine rings is 1. The Morgan fingerprint density at radius 1 is 1.40 bits per heavy atom. The molecular formula is C11H13Cl2N3O3S. The first-order valence-corrected chi connectivity index (χ1v) is 7.99. The molecular weight excluding hydrogens is 325 g/mol. The van der Waals surface area contributed by atoms with E-state index in [9.17, 15) is 13.2 Å². The Kier molecular flexibility index (Phi) is 4.15. The predicted molar refractivity (Wildman–Crippen MR) is 77.2 cm³/mol. The van der Waals surface area contributed by atoms with Crippen LogP contribution in [-0.2, 0) is 14.8 Å². The number of halogens is 2. The molecule has 0 aromatic heterocycles. The van der Waals surface area contributed by atoms with Gasteiger partial charge in [0.2, 0.25) is 15.9 Å². The molecule has 1 aromatic carbocycles. The minimum atomic E-state index is -3.97. The third kappa shape index (κ3) is 2.58. The summed E-state index contributed by atoms with van der Waals surface area (Å²) in [6, 6.07) is 1.80. The molecule has 3 N–H and O–H groups in total. The molecule has 9 heteroatoms. The molecule has 0 radical (unpaired) electrons. The molecule has 1 unspecified atom stereocenters. The van der Waals surface area contributed by atoms with Crippen LogP contribution < -0.4 is 11.1 Å². The highest BCUT2D eigenvalue weighted by Gasteiger charge is 2.37. The zero-order valence-corrected chi connectivity index (χ0v) is 12.9. The van der Waals surface area contributed by atoms with E-state index in [2.05, 4.69) is 5.32 Å². The van der Waals surface area contributed by atoms with E-state index in [1.165, 1.54) is 19.1 Å². The minimum Gasteiger partial charge on any atom is -0.398 e. The molecule has 1 heterocycles. The largest absolute Gasteiger partial charge is 0.398 e. The number of carbonyl (C=O) groups is 1. The Balaban J connectivity index is 2.53. The summed E-state index contributed by atoms with van der Waals surface area (Å²) in [5, 5.41) is 2.78. The topological polar surface area (TPSA) is 92.5 Å². The number of hydrogen-bond acceptors (Lipinski definition) is 4. The van der Waals surface area contributed by atoms with Crippen molar-refractivity contribution in [3.8, 4) is 0 Å². The number of amides is 1. The molecule has 1 aromatic rings. The maximum Gasteiger partial charge on any atom is 0.247 e. The average Bonchev–Trinajstić information content (AvgIpc) is 2.30. The Hall–Kier alpha value is -1.02. The van der Waals surface area contributed by atoms with Gasteiger partial charge < -0.3 is 11.1 Å². The molecule has 0 spiro atoms. The summed E-state index contributed by atoms with van der Waals surface area (Å²) in [6.45, 7) is 1.91. The number of carbonyl (C=O) groups excluding carboxylic acids is 1. The van der Waals surface area contributed by atoms with Crippen molar-refractivity contribution in [1.29, 1.82) is 0 Å². The van der Waals surface area contributed by atoms with Gasteiger partial charge in [-0.1, -0.05) is 23.2 Å². The van der Waals surface area contributed by atoms with Crippen LogP contribution >= 0.6 is 23.2 Å². The summed E-state index contributed by atoms with van der Waals surface area (Å²) >= 11 is 11.7. The van der Waals surface area contributed by atoms with Crippen molar-refractivity contribution < 1.29 is 13.2 Å². The summed E-state index contributed by atoms with van der Waals surface area (Å²) in [5.74, 6) is -0.358. The van der Waals surface area contributed by atoms with E-state index >= 15 is 0 Å². The molecule has 1 atom stereocenters. The number of rotatable bonds is 2. The maximum atomic E-state index is 12.6. The molecule has 0 aliphatic carbocycles. The lowest BCUT2D eigenvalue weighted by molar-refractivity contribution is -0.126. The summed E-state index contributed by atoms with van der Waals surface area (Å²) < 4.78 is 26.3. The number of benzene rings is 1. The van der Waals surface area contributed by atoms with Crippen LogP contribution in [0.3, 0.4) is 0 Å². The summed E-state index contributed by atoms with van der Waals surface area (Å²) in [6.07, 6.45) is 0. The number of nitrogens with one attached hydrogen (secondary N) is 1. The van der Waals surface area contributed by atoms with E-state index in [0.29, 0.717) is 0 Å². The molecule has 0 bridgehead atoms. The van der Waals surface area contributed by atoms with E-state index < -0.39 is 16.1 Å². The second-order valence-electron chi connectivity index (χ2n) is 4.39. The van der Waals surface area contributed by atoms with Crippen LogP contribution in [-0.4, -0.2) is 37.8 Å². The summed E-state index contributed by atoms with van der Waals surface area (Å²) in [4.78, 5) is 11.4. The standard InChI is InChI=1S/C11H13Cl2N3O3S/c1-6-11(17)15-2-3-16(6)20(18,19)10-8(13)4-7(12)5-9(10)14/h4-6H,2-3,14H2,1H3,(H,15,17). The summed E-state index contributed by atoms with van der Waals surface area (Å²) in [5.41, 5.74) is 5.68. The van der Waals surface area contributed by atoms with Gasteiger partial charge in [0.1, 0.15) is 10.9 Å². The van der Waals surface area contributed by atoms with E-state index in [1.807, 2.05) is 0 Å². The Morgan fingerprint density at radius 3 is 2.65 bits per heavy atom. The number of nitrogens with two attached hydrogens (primary N) is 1. The number of sulfonamides is 1. The first-order chi connectivity index (χ1) is 9.25. The van der Waals surface area contributed by atoms with Crippen molar-refractivity contribution >= 4 is 44.8 Å². The van der Waals surface area contributed by atoms with Crippen molar-refractivity contribution in [3.63, 3.8) is 0 Å². The van der Waals surface area contributed by atoms with Gasteiger partial charge in [0.25, 0.3) is 0 Å². The first-order valence-electron chi connectivity index (χ1n) is 5.79. The molecule has 0 saturated carbocycles. The highest BCUT2D eigenvalue weighted by atomic mass is 35.5. The molecule has 20 heavy (non-hydrogen) atoms. The van der Waals surface area contributed by atoms with Gasteiger partial charge in [-0.3, -0.25) is 4.79 Å². The molecule has 1 fully saturated rings. The zero-order valence-electron chi connectivity index (χ0n) is 10.6. The SMILES string of the molecule is CC1C(=O)NCCN1S(=O)(=O)c1c(N)cc(Cl)cc1Cl. The third-order valence-corrected chi connectivity index (χ3v) is 5.76. The van der Waals surface area contributed by atoms with Gasteiger partial charge in [-0.25, -0.2) is 8.42 Å². The fourth-order valence-corrected chi connectivity index (χ4v) is 4.60. The molecule has 1 saturated heterocycles. The second kappa shape index (κ2) is 5.40. The predicted octanol–water partition coefficient (Wildman–Crippen LogP) is 1.08. The lowest BCUT2D eigenvalue weighted by atomic mass is 10.2. The number of nitrogens with zero attached hydrogens (tertiary/aromatic N) is 1. The number of hydrogen-bond donors (Lipinski definition) is 2. The lowest BCUT2D eigenvalue weighted by Crippen LogP contribution is -2.55. The Morgan fingerprint density at radius 2 is 2.05 bits per heavy atom. The first kappa shape index (κ1) is 15.4. The van der Waals surface area contributed by atoms with Crippen LogP contribution in [0, 0.1) is 0 Å². The van der Waals surface area contributed by atoms with Gasteiger partial charge in [0.15, 0.2) is 0 Å². The highest BCUT2D eigenvalue weighted by Crippen LogP contribution is 2.34. The highest BCUT2D eigenvalue weighted by molar-refractivity contribution is 7.89. The average molecular weight is 338 g/mol. The summed E-state index contributed by atoms with van der Waals surface area (Å²) in [7, 11) is -3.97. The lowest BCUT2D eigenvalue weighted by Gasteiger charge is -2.32.